The van der Waals surface area contributed by atoms with Crippen LogP contribution in [0.25, 0.3) is 0 Å². The van der Waals surface area contributed by atoms with E-state index in [1.807, 2.05) is 11.8 Å². The molecule has 2 fully saturated rings. The number of hydrogen-bond acceptors (Lipinski definition) is 6. The monoisotopic (exact) mass is 400 g/mol. The summed E-state index contributed by atoms with van der Waals surface area (Å²) in [5.74, 6) is -0.492. The topological polar surface area (TPSA) is 91.8 Å². The summed E-state index contributed by atoms with van der Waals surface area (Å²) < 4.78 is 50.7. The van der Waals surface area contributed by atoms with Crippen LogP contribution in [0.1, 0.15) is 12.5 Å². The Balaban J connectivity index is 1.88. The molecule has 144 valence electrons. The summed E-state index contributed by atoms with van der Waals surface area (Å²) in [6.45, 7) is 3.93. The summed E-state index contributed by atoms with van der Waals surface area (Å²) in [6.07, 6.45) is 1.58. The number of piperazine rings is 1. The quantitative estimate of drug-likeness (QED) is 0.644. The van der Waals surface area contributed by atoms with E-state index in [0.29, 0.717) is 26.2 Å². The minimum Gasteiger partial charge on any atom is -0.343 e. The predicted octanol–water partition coefficient (Wildman–Crippen LogP) is -0.0377. The Kier molecular flexibility index (Phi) is 5.41. The lowest BCUT2D eigenvalue weighted by atomic mass is 10.2. The fourth-order valence-electron chi connectivity index (χ4n) is 3.70. The van der Waals surface area contributed by atoms with Gasteiger partial charge in [-0.25, -0.2) is 16.8 Å². The van der Waals surface area contributed by atoms with Crippen molar-refractivity contribution in [1.82, 2.24) is 9.80 Å². The second-order valence-corrected chi connectivity index (χ2v) is 11.2. The van der Waals surface area contributed by atoms with E-state index in [-0.39, 0.29) is 16.4 Å². The third-order valence-electron chi connectivity index (χ3n) is 5.30. The first-order valence-electron chi connectivity index (χ1n) is 8.73. The minimum atomic E-state index is -3.76. The highest BCUT2D eigenvalue weighted by Gasteiger charge is 2.48. The molecular weight excluding hydrogens is 376 g/mol. The van der Waals surface area contributed by atoms with Gasteiger partial charge in [0.15, 0.2) is 19.7 Å². The van der Waals surface area contributed by atoms with Gasteiger partial charge in [0.2, 0.25) is 6.41 Å². The average Bonchev–Trinajstić information content (AvgIpc) is 2.98. The highest BCUT2D eigenvalue weighted by molar-refractivity contribution is 7.96. The summed E-state index contributed by atoms with van der Waals surface area (Å²) in [5, 5.41) is -0.970. The van der Waals surface area contributed by atoms with E-state index in [0.717, 1.165) is 18.4 Å². The normalized spacial score (nSPS) is 26.7. The lowest BCUT2D eigenvalue weighted by Crippen LogP contribution is -2.54. The molecule has 0 unspecified atom stereocenters. The molecule has 1 aromatic carbocycles. The maximum atomic E-state index is 13.1. The maximum absolute atomic E-state index is 13.1. The molecule has 0 radical (unpaired) electrons. The molecule has 9 heteroatoms. The van der Waals surface area contributed by atoms with Gasteiger partial charge >= 0.3 is 0 Å². The highest BCUT2D eigenvalue weighted by atomic mass is 32.2. The second kappa shape index (κ2) is 7.28. The summed E-state index contributed by atoms with van der Waals surface area (Å²) in [6, 6.07) is 6.12. The molecule has 26 heavy (non-hydrogen) atoms. The number of rotatable bonds is 5. The SMILES string of the molecule is CCc1ccc(S(=O)(=O)[C@H]2CS(=O)(=O)C[C@@H]2N2CCN(C=O)CC2)cc1. The predicted molar refractivity (Wildman–Crippen MR) is 98.4 cm³/mol. The summed E-state index contributed by atoms with van der Waals surface area (Å²) in [4.78, 5) is 14.6. The van der Waals surface area contributed by atoms with Crippen LogP contribution in [0.15, 0.2) is 29.2 Å². The van der Waals surface area contributed by atoms with Crippen LogP contribution >= 0.6 is 0 Å². The van der Waals surface area contributed by atoms with Crippen molar-refractivity contribution >= 4 is 26.1 Å². The van der Waals surface area contributed by atoms with Gasteiger partial charge in [0, 0.05) is 32.2 Å². The summed E-state index contributed by atoms with van der Waals surface area (Å²) in [7, 11) is -7.18. The molecule has 2 heterocycles. The van der Waals surface area contributed by atoms with Gasteiger partial charge < -0.3 is 4.90 Å². The highest BCUT2D eigenvalue weighted by Crippen LogP contribution is 2.29. The van der Waals surface area contributed by atoms with Crippen LogP contribution in [0, 0.1) is 0 Å². The number of aryl methyl sites for hydroxylation is 1. The van der Waals surface area contributed by atoms with Crippen molar-refractivity contribution in [3.63, 3.8) is 0 Å². The number of sulfone groups is 2. The molecule has 1 aromatic rings. The Morgan fingerprint density at radius 2 is 1.69 bits per heavy atom. The lowest BCUT2D eigenvalue weighted by molar-refractivity contribution is -0.119. The maximum Gasteiger partial charge on any atom is 0.209 e. The van der Waals surface area contributed by atoms with Crippen molar-refractivity contribution in [2.45, 2.75) is 29.5 Å². The zero-order valence-electron chi connectivity index (χ0n) is 14.7. The zero-order chi connectivity index (χ0) is 18.9. The Morgan fingerprint density at radius 3 is 2.23 bits per heavy atom. The smallest absolute Gasteiger partial charge is 0.209 e. The largest absolute Gasteiger partial charge is 0.343 e. The number of nitrogens with zero attached hydrogens (tertiary/aromatic N) is 2. The Bertz CT molecular complexity index is 857. The van der Waals surface area contributed by atoms with Gasteiger partial charge in [-0.15, -0.1) is 0 Å². The number of carbonyl (C=O) groups excluding carboxylic acids is 1. The van der Waals surface area contributed by atoms with Crippen LogP contribution in [-0.2, 0) is 30.9 Å². The van der Waals surface area contributed by atoms with Crippen LogP contribution in [0.2, 0.25) is 0 Å². The van der Waals surface area contributed by atoms with Gasteiger partial charge in [-0.05, 0) is 24.1 Å². The van der Waals surface area contributed by atoms with Crippen LogP contribution in [0.3, 0.4) is 0 Å². The van der Waals surface area contributed by atoms with E-state index >= 15 is 0 Å². The first-order chi connectivity index (χ1) is 12.3. The van der Waals surface area contributed by atoms with E-state index in [9.17, 15) is 21.6 Å². The molecule has 0 aliphatic carbocycles. The molecular formula is C17H24N2O5S2. The number of amides is 1. The fraction of sp³-hybridized carbons (Fsp3) is 0.588. The van der Waals surface area contributed by atoms with Crippen LogP contribution < -0.4 is 0 Å². The molecule has 0 bridgehead atoms. The van der Waals surface area contributed by atoms with Gasteiger partial charge in [0.25, 0.3) is 0 Å². The zero-order valence-corrected chi connectivity index (χ0v) is 16.4. The molecule has 7 nitrogen and oxygen atoms in total. The van der Waals surface area contributed by atoms with Gasteiger partial charge in [-0.1, -0.05) is 19.1 Å². The van der Waals surface area contributed by atoms with Crippen molar-refractivity contribution in [1.29, 1.82) is 0 Å². The van der Waals surface area contributed by atoms with Gasteiger partial charge in [0.1, 0.15) is 0 Å². The Hall–Kier alpha value is -1.45. The standard InChI is InChI=1S/C17H24N2O5S2/c1-2-14-3-5-15(6-4-14)26(23,24)17-12-25(21,22)11-16(17)19-9-7-18(13-20)8-10-19/h3-6,13,16-17H,2,7-12H2,1H3/t16-,17-/m0/s1. The van der Waals surface area contributed by atoms with E-state index < -0.39 is 31.0 Å². The van der Waals surface area contributed by atoms with E-state index in [2.05, 4.69) is 0 Å². The summed E-state index contributed by atoms with van der Waals surface area (Å²) >= 11 is 0. The van der Waals surface area contributed by atoms with Crippen LogP contribution in [0.4, 0.5) is 0 Å². The average molecular weight is 401 g/mol. The second-order valence-electron chi connectivity index (χ2n) is 6.90. The fourth-order valence-corrected chi connectivity index (χ4v) is 8.53. The summed E-state index contributed by atoms with van der Waals surface area (Å²) in [5.41, 5.74) is 1.03. The van der Waals surface area contributed by atoms with Crippen molar-refractivity contribution < 1.29 is 21.6 Å². The Labute approximate surface area is 154 Å². The molecule has 2 aliphatic rings. The Morgan fingerprint density at radius 1 is 1.08 bits per heavy atom. The number of benzene rings is 1. The molecule has 0 spiro atoms. The van der Waals surface area contributed by atoms with Gasteiger partial charge in [0.05, 0.1) is 21.7 Å². The molecule has 2 aliphatic heterocycles. The van der Waals surface area contributed by atoms with Crippen molar-refractivity contribution in [3.05, 3.63) is 29.8 Å². The molecule has 2 saturated heterocycles. The molecule has 1 amide bonds. The van der Waals surface area contributed by atoms with Crippen molar-refractivity contribution in [2.75, 3.05) is 37.7 Å². The van der Waals surface area contributed by atoms with Gasteiger partial charge in [-0.3, -0.25) is 9.69 Å². The first kappa shape index (κ1) is 19.3. The minimum absolute atomic E-state index is 0.148. The van der Waals surface area contributed by atoms with Crippen molar-refractivity contribution in [3.8, 4) is 0 Å². The molecule has 0 saturated carbocycles. The molecule has 2 atom stereocenters. The van der Waals surface area contributed by atoms with Crippen LogP contribution in [0.5, 0.6) is 0 Å². The van der Waals surface area contributed by atoms with E-state index in [4.69, 9.17) is 0 Å². The van der Waals surface area contributed by atoms with Crippen LogP contribution in [-0.4, -0.2) is 82.0 Å². The first-order valence-corrected chi connectivity index (χ1v) is 12.1. The number of carbonyl (C=O) groups is 1. The number of hydrogen-bond donors (Lipinski definition) is 0. The third kappa shape index (κ3) is 3.79. The molecule has 0 N–H and O–H groups in total. The lowest BCUT2D eigenvalue weighted by Gasteiger charge is -2.37. The van der Waals surface area contributed by atoms with Crippen molar-refractivity contribution in [2.24, 2.45) is 0 Å². The molecule has 3 rings (SSSR count). The third-order valence-corrected chi connectivity index (χ3v) is 9.43. The van der Waals surface area contributed by atoms with E-state index in [1.165, 1.54) is 0 Å². The van der Waals surface area contributed by atoms with Gasteiger partial charge in [-0.2, -0.15) is 0 Å². The molecule has 0 aromatic heterocycles. The van der Waals surface area contributed by atoms with E-state index in [1.54, 1.807) is 29.2 Å².